The highest BCUT2D eigenvalue weighted by molar-refractivity contribution is 7.98. The van der Waals surface area contributed by atoms with Gasteiger partial charge in [-0.2, -0.15) is 16.9 Å². The Labute approximate surface area is 183 Å². The van der Waals surface area contributed by atoms with Gasteiger partial charge in [0.15, 0.2) is 6.61 Å². The Kier molecular flexibility index (Phi) is 5.76. The summed E-state index contributed by atoms with van der Waals surface area (Å²) in [6.07, 6.45) is 0. The zero-order valence-corrected chi connectivity index (χ0v) is 18.3. The number of carbonyl (C=O) groups is 1. The number of hydrogen-bond donors (Lipinski definition) is 1. The van der Waals surface area contributed by atoms with Gasteiger partial charge in [0, 0.05) is 22.1 Å². The minimum Gasteiger partial charge on any atom is -0.482 e. The minimum absolute atomic E-state index is 0.165. The molecule has 0 bridgehead atoms. The molecule has 2 aromatic carbocycles. The lowest BCUT2D eigenvalue weighted by Gasteiger charge is -2.14. The van der Waals surface area contributed by atoms with Crippen molar-refractivity contribution < 1.29 is 9.53 Å². The largest absolute Gasteiger partial charge is 0.482 e. The Morgan fingerprint density at radius 2 is 2.03 bits per heavy atom. The molecule has 3 aromatic rings. The van der Waals surface area contributed by atoms with Crippen molar-refractivity contribution in [2.24, 2.45) is 0 Å². The predicted molar refractivity (Wildman–Crippen MR) is 119 cm³/mol. The maximum absolute atomic E-state index is 12.6. The van der Waals surface area contributed by atoms with Crippen LogP contribution in [-0.4, -0.2) is 22.3 Å². The van der Waals surface area contributed by atoms with E-state index < -0.39 is 0 Å². The van der Waals surface area contributed by atoms with Crippen LogP contribution in [0, 0.1) is 13.8 Å². The number of nitrogens with zero attached hydrogens (tertiary/aromatic N) is 2. The summed E-state index contributed by atoms with van der Waals surface area (Å²) in [5.41, 5.74) is 5.30. The van der Waals surface area contributed by atoms with E-state index in [1.807, 2.05) is 23.7 Å². The molecule has 5 nitrogen and oxygen atoms in total. The van der Waals surface area contributed by atoms with Crippen LogP contribution in [0.2, 0.25) is 10.0 Å². The zero-order valence-electron chi connectivity index (χ0n) is 16.0. The molecule has 1 aliphatic heterocycles. The molecule has 8 heteroatoms. The van der Waals surface area contributed by atoms with Crippen molar-refractivity contribution in [2.75, 3.05) is 11.9 Å². The number of aromatic nitrogens is 2. The Hall–Kier alpha value is -2.15. The SMILES string of the molecule is Cc1ccc(-n2nc3c(c2NC(=O)COc2ccc(Cl)cc2Cl)CSC3)c(C)c1. The Balaban J connectivity index is 1.57. The third-order valence-corrected chi connectivity index (χ3v) is 6.14. The van der Waals surface area contributed by atoms with Crippen LogP contribution in [0.4, 0.5) is 5.82 Å². The fraction of sp³-hybridized carbons (Fsp3) is 0.238. The predicted octanol–water partition coefficient (Wildman–Crippen LogP) is 5.56. The topological polar surface area (TPSA) is 56.2 Å². The summed E-state index contributed by atoms with van der Waals surface area (Å²) < 4.78 is 7.39. The molecule has 0 unspecified atom stereocenters. The van der Waals surface area contributed by atoms with Crippen molar-refractivity contribution in [3.05, 3.63) is 68.8 Å². The zero-order chi connectivity index (χ0) is 20.5. The van der Waals surface area contributed by atoms with Gasteiger partial charge in [0.2, 0.25) is 0 Å². The van der Waals surface area contributed by atoms with E-state index in [9.17, 15) is 4.79 Å². The van der Waals surface area contributed by atoms with E-state index in [0.29, 0.717) is 21.6 Å². The highest BCUT2D eigenvalue weighted by atomic mass is 35.5. The van der Waals surface area contributed by atoms with Crippen LogP contribution >= 0.6 is 35.0 Å². The lowest BCUT2D eigenvalue weighted by Crippen LogP contribution is -2.22. The first-order valence-corrected chi connectivity index (χ1v) is 11.0. The average molecular weight is 448 g/mol. The van der Waals surface area contributed by atoms with Gasteiger partial charge in [-0.1, -0.05) is 40.9 Å². The van der Waals surface area contributed by atoms with Crippen molar-refractivity contribution in [3.8, 4) is 11.4 Å². The second-order valence-corrected chi connectivity index (χ2v) is 8.71. The van der Waals surface area contributed by atoms with Crippen LogP contribution in [-0.2, 0) is 16.3 Å². The second-order valence-electron chi connectivity index (χ2n) is 6.88. The molecule has 0 saturated heterocycles. The lowest BCUT2D eigenvalue weighted by molar-refractivity contribution is -0.118. The lowest BCUT2D eigenvalue weighted by atomic mass is 10.1. The smallest absolute Gasteiger partial charge is 0.263 e. The molecular formula is C21H19Cl2N3O2S. The maximum atomic E-state index is 12.6. The number of halogens is 2. The van der Waals surface area contributed by atoms with E-state index in [0.717, 1.165) is 34.0 Å². The minimum atomic E-state index is -0.276. The molecule has 150 valence electrons. The summed E-state index contributed by atoms with van der Waals surface area (Å²) in [6, 6.07) is 11.1. The molecule has 0 atom stereocenters. The normalized spacial score (nSPS) is 12.7. The van der Waals surface area contributed by atoms with E-state index in [1.165, 1.54) is 5.56 Å². The van der Waals surface area contributed by atoms with Gasteiger partial charge in [-0.25, -0.2) is 4.68 Å². The first kappa shape index (κ1) is 20.1. The van der Waals surface area contributed by atoms with Gasteiger partial charge in [-0.3, -0.25) is 4.79 Å². The summed E-state index contributed by atoms with van der Waals surface area (Å²) in [4.78, 5) is 12.6. The number of aryl methyl sites for hydroxylation is 2. The summed E-state index contributed by atoms with van der Waals surface area (Å²) >= 11 is 13.8. The average Bonchev–Trinajstić information content (AvgIpc) is 3.24. The number of ether oxygens (including phenoxy) is 1. The van der Waals surface area contributed by atoms with Crippen LogP contribution in [0.1, 0.15) is 22.4 Å². The van der Waals surface area contributed by atoms with Gasteiger partial charge in [-0.15, -0.1) is 0 Å². The molecule has 29 heavy (non-hydrogen) atoms. The number of rotatable bonds is 5. The van der Waals surface area contributed by atoms with Gasteiger partial charge in [-0.05, 0) is 43.7 Å². The number of amides is 1. The molecule has 0 aliphatic carbocycles. The summed E-state index contributed by atoms with van der Waals surface area (Å²) in [5, 5.41) is 8.61. The number of benzene rings is 2. The fourth-order valence-electron chi connectivity index (χ4n) is 3.26. The van der Waals surface area contributed by atoms with E-state index >= 15 is 0 Å². The molecular weight excluding hydrogens is 429 g/mol. The van der Waals surface area contributed by atoms with E-state index in [1.54, 1.807) is 30.0 Å². The number of anilines is 1. The van der Waals surface area contributed by atoms with Gasteiger partial charge in [0.05, 0.1) is 16.4 Å². The van der Waals surface area contributed by atoms with Gasteiger partial charge >= 0.3 is 0 Å². The highest BCUT2D eigenvalue weighted by Crippen LogP contribution is 2.36. The molecule has 0 radical (unpaired) electrons. The molecule has 0 fully saturated rings. The molecule has 1 aliphatic rings. The first-order valence-electron chi connectivity index (χ1n) is 9.06. The third-order valence-electron chi connectivity index (χ3n) is 4.64. The first-order chi connectivity index (χ1) is 13.9. The van der Waals surface area contributed by atoms with Crippen LogP contribution in [0.5, 0.6) is 5.75 Å². The second kappa shape index (κ2) is 8.30. The van der Waals surface area contributed by atoms with Gasteiger partial charge in [0.25, 0.3) is 5.91 Å². The summed E-state index contributed by atoms with van der Waals surface area (Å²) in [5.74, 6) is 2.50. The molecule has 1 aromatic heterocycles. The third kappa shape index (κ3) is 4.25. The molecule has 0 spiro atoms. The standard InChI is InChI=1S/C21H19Cl2N3O2S/c1-12-3-5-18(13(2)7-12)26-21(15-10-29-11-17(15)25-26)24-20(27)9-28-19-6-4-14(22)8-16(19)23/h3-8H,9-11H2,1-2H3,(H,24,27). The quantitative estimate of drug-likeness (QED) is 0.555. The number of nitrogens with one attached hydrogen (secondary N) is 1. The monoisotopic (exact) mass is 447 g/mol. The number of fused-ring (bicyclic) bond motifs is 1. The molecule has 4 rings (SSSR count). The summed E-state index contributed by atoms with van der Waals surface area (Å²) in [6.45, 7) is 3.93. The Morgan fingerprint density at radius 1 is 1.21 bits per heavy atom. The van der Waals surface area contributed by atoms with Crippen molar-refractivity contribution in [3.63, 3.8) is 0 Å². The van der Waals surface area contributed by atoms with E-state index in [-0.39, 0.29) is 12.5 Å². The molecule has 1 N–H and O–H groups in total. The van der Waals surface area contributed by atoms with Crippen LogP contribution in [0.25, 0.3) is 5.69 Å². The molecule has 1 amide bonds. The van der Waals surface area contributed by atoms with Gasteiger partial charge < -0.3 is 10.1 Å². The Morgan fingerprint density at radius 3 is 2.79 bits per heavy atom. The van der Waals surface area contributed by atoms with Crippen molar-refractivity contribution in [2.45, 2.75) is 25.4 Å². The molecule has 2 heterocycles. The highest BCUT2D eigenvalue weighted by Gasteiger charge is 2.25. The Bertz CT molecular complexity index is 1100. The van der Waals surface area contributed by atoms with Crippen LogP contribution < -0.4 is 10.1 Å². The van der Waals surface area contributed by atoms with E-state index in [2.05, 4.69) is 18.3 Å². The van der Waals surface area contributed by atoms with Gasteiger partial charge in [0.1, 0.15) is 11.6 Å². The number of carbonyl (C=O) groups excluding carboxylic acids is 1. The van der Waals surface area contributed by atoms with Crippen molar-refractivity contribution >= 4 is 46.7 Å². The summed E-state index contributed by atoms with van der Waals surface area (Å²) in [7, 11) is 0. The fourth-order valence-corrected chi connectivity index (χ4v) is 4.76. The number of thioether (sulfide) groups is 1. The van der Waals surface area contributed by atoms with Crippen molar-refractivity contribution in [1.82, 2.24) is 9.78 Å². The molecule has 0 saturated carbocycles. The van der Waals surface area contributed by atoms with Crippen molar-refractivity contribution in [1.29, 1.82) is 0 Å². The van der Waals surface area contributed by atoms with Crippen LogP contribution in [0.15, 0.2) is 36.4 Å². The maximum Gasteiger partial charge on any atom is 0.263 e. The van der Waals surface area contributed by atoms with Crippen LogP contribution in [0.3, 0.4) is 0 Å². The number of hydrogen-bond acceptors (Lipinski definition) is 4. The van der Waals surface area contributed by atoms with E-state index in [4.69, 9.17) is 33.0 Å².